The number of benzene rings is 1. The summed E-state index contributed by atoms with van der Waals surface area (Å²) in [6.45, 7) is 2.95. The molecule has 1 saturated heterocycles. The molecule has 1 aromatic carbocycles. The number of nitrogens with zero attached hydrogens (tertiary/aromatic N) is 1. The number of hydrogen-bond acceptors (Lipinski definition) is 3. The van der Waals surface area contributed by atoms with Crippen molar-refractivity contribution in [2.75, 3.05) is 13.7 Å². The second-order valence-corrected chi connectivity index (χ2v) is 5.45. The summed E-state index contributed by atoms with van der Waals surface area (Å²) in [5.41, 5.74) is 0.607. The molecule has 0 spiro atoms. The van der Waals surface area contributed by atoms with Gasteiger partial charge in [-0.2, -0.15) is 0 Å². The molecular formula is C17H23NO3. The molecule has 0 aromatic heterocycles. The number of Topliss-reactive ketones (excluding diaryl/α,β-unsaturated/α-hetero) is 1. The molecule has 1 aromatic rings. The van der Waals surface area contributed by atoms with Crippen molar-refractivity contribution in [2.45, 2.75) is 45.1 Å². The summed E-state index contributed by atoms with van der Waals surface area (Å²) >= 11 is 0. The van der Waals surface area contributed by atoms with Crippen LogP contribution < -0.4 is 4.74 Å². The maximum atomic E-state index is 12.2. The maximum absolute atomic E-state index is 12.2. The number of ether oxygens (including phenoxy) is 1. The van der Waals surface area contributed by atoms with Crippen LogP contribution in [0, 0.1) is 0 Å². The Bertz CT molecular complexity index is 513. The molecular weight excluding hydrogens is 266 g/mol. The third kappa shape index (κ3) is 3.84. The van der Waals surface area contributed by atoms with Crippen molar-refractivity contribution >= 4 is 11.7 Å². The Balaban J connectivity index is 1.90. The highest BCUT2D eigenvalue weighted by molar-refractivity contribution is 5.98. The van der Waals surface area contributed by atoms with Crippen molar-refractivity contribution in [3.05, 3.63) is 29.8 Å². The van der Waals surface area contributed by atoms with Crippen molar-refractivity contribution in [3.63, 3.8) is 0 Å². The van der Waals surface area contributed by atoms with E-state index in [1.54, 1.807) is 31.4 Å². The Morgan fingerprint density at radius 2 is 2.14 bits per heavy atom. The Hall–Kier alpha value is -1.84. The van der Waals surface area contributed by atoms with Crippen LogP contribution in [0.1, 0.15) is 49.4 Å². The fourth-order valence-corrected chi connectivity index (χ4v) is 2.89. The van der Waals surface area contributed by atoms with E-state index in [0.29, 0.717) is 23.8 Å². The first-order chi connectivity index (χ1) is 10.2. The second kappa shape index (κ2) is 7.25. The summed E-state index contributed by atoms with van der Waals surface area (Å²) in [5, 5.41) is 0. The zero-order valence-electron chi connectivity index (χ0n) is 12.8. The van der Waals surface area contributed by atoms with Gasteiger partial charge < -0.3 is 9.64 Å². The van der Waals surface area contributed by atoms with E-state index in [9.17, 15) is 9.59 Å². The molecule has 1 aliphatic heterocycles. The minimum Gasteiger partial charge on any atom is -0.497 e. The molecule has 1 heterocycles. The van der Waals surface area contributed by atoms with Crippen LogP contribution in [0.25, 0.3) is 0 Å². The van der Waals surface area contributed by atoms with Crippen molar-refractivity contribution in [1.82, 2.24) is 4.90 Å². The number of methoxy groups -OCH3 is 1. The number of carbonyl (C=O) groups excluding carboxylic acids is 2. The van der Waals surface area contributed by atoms with E-state index >= 15 is 0 Å². The Kier molecular flexibility index (Phi) is 5.37. The molecule has 2 rings (SSSR count). The topological polar surface area (TPSA) is 46.6 Å². The van der Waals surface area contributed by atoms with Crippen molar-refractivity contribution in [1.29, 1.82) is 0 Å². The van der Waals surface area contributed by atoms with Gasteiger partial charge in [-0.25, -0.2) is 0 Å². The highest BCUT2D eigenvalue weighted by atomic mass is 16.5. The van der Waals surface area contributed by atoms with Gasteiger partial charge in [-0.3, -0.25) is 9.59 Å². The van der Waals surface area contributed by atoms with E-state index in [1.807, 2.05) is 4.90 Å². The summed E-state index contributed by atoms with van der Waals surface area (Å²) in [6.07, 6.45) is 3.72. The van der Waals surface area contributed by atoms with Crippen LogP contribution in [0.15, 0.2) is 24.3 Å². The van der Waals surface area contributed by atoms with Crippen molar-refractivity contribution in [2.24, 2.45) is 0 Å². The zero-order valence-corrected chi connectivity index (χ0v) is 12.8. The van der Waals surface area contributed by atoms with Gasteiger partial charge in [0.15, 0.2) is 5.78 Å². The highest BCUT2D eigenvalue weighted by Crippen LogP contribution is 2.21. The fourth-order valence-electron chi connectivity index (χ4n) is 2.89. The SMILES string of the molecule is CCC1CCCN1C(=O)CCC(=O)c1cccc(OC)c1. The van der Waals surface area contributed by atoms with Crippen molar-refractivity contribution < 1.29 is 14.3 Å². The molecule has 21 heavy (non-hydrogen) atoms. The minimum atomic E-state index is -0.00510. The molecule has 0 N–H and O–H groups in total. The lowest BCUT2D eigenvalue weighted by Crippen LogP contribution is -2.35. The van der Waals surface area contributed by atoms with Gasteiger partial charge in [0.1, 0.15) is 5.75 Å². The lowest BCUT2D eigenvalue weighted by Gasteiger charge is -2.23. The van der Waals surface area contributed by atoms with Gasteiger partial charge >= 0.3 is 0 Å². The first-order valence-electron chi connectivity index (χ1n) is 7.62. The van der Waals surface area contributed by atoms with Crippen LogP contribution in [-0.4, -0.2) is 36.3 Å². The van der Waals surface area contributed by atoms with Crippen LogP contribution >= 0.6 is 0 Å². The van der Waals surface area contributed by atoms with Gasteiger partial charge in [-0.15, -0.1) is 0 Å². The maximum Gasteiger partial charge on any atom is 0.223 e. The molecule has 0 bridgehead atoms. The number of ketones is 1. The predicted molar refractivity (Wildman–Crippen MR) is 81.6 cm³/mol. The average Bonchev–Trinajstić information content (AvgIpc) is 3.01. The van der Waals surface area contributed by atoms with Crippen molar-refractivity contribution in [3.8, 4) is 5.75 Å². The smallest absolute Gasteiger partial charge is 0.223 e. The largest absolute Gasteiger partial charge is 0.497 e. The van der Waals surface area contributed by atoms with Crippen LogP contribution in [0.4, 0.5) is 0 Å². The Morgan fingerprint density at radius 1 is 1.33 bits per heavy atom. The lowest BCUT2D eigenvalue weighted by atomic mass is 10.1. The summed E-state index contributed by atoms with van der Waals surface area (Å²) in [5.74, 6) is 0.767. The summed E-state index contributed by atoms with van der Waals surface area (Å²) < 4.78 is 5.11. The number of hydrogen-bond donors (Lipinski definition) is 0. The first-order valence-corrected chi connectivity index (χ1v) is 7.62. The zero-order chi connectivity index (χ0) is 15.2. The van der Waals surface area contributed by atoms with Crippen LogP contribution in [0.2, 0.25) is 0 Å². The first kappa shape index (κ1) is 15.5. The van der Waals surface area contributed by atoms with Crippen LogP contribution in [-0.2, 0) is 4.79 Å². The fraction of sp³-hybridized carbons (Fsp3) is 0.529. The number of likely N-dealkylation sites (tertiary alicyclic amines) is 1. The Morgan fingerprint density at radius 3 is 2.86 bits per heavy atom. The van der Waals surface area contributed by atoms with E-state index < -0.39 is 0 Å². The number of carbonyl (C=O) groups is 2. The highest BCUT2D eigenvalue weighted by Gasteiger charge is 2.27. The average molecular weight is 289 g/mol. The molecule has 1 amide bonds. The van der Waals surface area contributed by atoms with Gasteiger partial charge in [0.2, 0.25) is 5.91 Å². The van der Waals surface area contributed by atoms with Crippen LogP contribution in [0.3, 0.4) is 0 Å². The lowest BCUT2D eigenvalue weighted by molar-refractivity contribution is -0.132. The molecule has 0 saturated carbocycles. The standard InChI is InChI=1S/C17H23NO3/c1-3-14-7-5-11-18(14)17(20)10-9-16(19)13-6-4-8-15(12-13)21-2/h4,6,8,12,14H,3,5,7,9-11H2,1-2H3. The molecule has 0 radical (unpaired) electrons. The van der Waals surface area contributed by atoms with Gasteiger partial charge in [0, 0.05) is 31.0 Å². The third-order valence-corrected chi connectivity index (χ3v) is 4.13. The van der Waals surface area contributed by atoms with E-state index in [1.165, 1.54) is 0 Å². The van der Waals surface area contributed by atoms with Crippen LogP contribution in [0.5, 0.6) is 5.75 Å². The van der Waals surface area contributed by atoms with Gasteiger partial charge in [-0.05, 0) is 31.4 Å². The third-order valence-electron chi connectivity index (χ3n) is 4.13. The Labute approximate surface area is 126 Å². The molecule has 1 atom stereocenters. The summed E-state index contributed by atoms with van der Waals surface area (Å²) in [4.78, 5) is 26.3. The monoisotopic (exact) mass is 289 g/mol. The van der Waals surface area contributed by atoms with E-state index in [-0.39, 0.29) is 18.1 Å². The normalized spacial score (nSPS) is 17.8. The van der Waals surface area contributed by atoms with E-state index in [2.05, 4.69) is 6.92 Å². The van der Waals surface area contributed by atoms with E-state index in [0.717, 1.165) is 25.8 Å². The molecule has 4 heteroatoms. The van der Waals surface area contributed by atoms with E-state index in [4.69, 9.17) is 4.74 Å². The molecule has 4 nitrogen and oxygen atoms in total. The molecule has 1 aliphatic rings. The number of amides is 1. The van der Waals surface area contributed by atoms with Gasteiger partial charge in [-0.1, -0.05) is 19.1 Å². The quantitative estimate of drug-likeness (QED) is 0.756. The molecule has 1 unspecified atom stereocenters. The summed E-state index contributed by atoms with van der Waals surface area (Å²) in [6, 6.07) is 7.45. The van der Waals surface area contributed by atoms with Gasteiger partial charge in [0.25, 0.3) is 0 Å². The molecule has 1 fully saturated rings. The second-order valence-electron chi connectivity index (χ2n) is 5.45. The predicted octanol–water partition coefficient (Wildman–Crippen LogP) is 3.06. The summed E-state index contributed by atoms with van der Waals surface area (Å²) in [7, 11) is 1.57. The van der Waals surface area contributed by atoms with Gasteiger partial charge in [0.05, 0.1) is 7.11 Å². The minimum absolute atomic E-state index is 0.00510. The number of rotatable bonds is 6. The molecule has 114 valence electrons. The molecule has 0 aliphatic carbocycles.